The van der Waals surface area contributed by atoms with Gasteiger partial charge in [-0.2, -0.15) is 0 Å². The van der Waals surface area contributed by atoms with E-state index in [1.54, 1.807) is 0 Å². The van der Waals surface area contributed by atoms with Crippen LogP contribution in [0.5, 0.6) is 0 Å². The maximum Gasteiger partial charge on any atom is 0.221 e. The second-order valence-electron chi connectivity index (χ2n) is 5.22. The summed E-state index contributed by atoms with van der Waals surface area (Å²) in [5.74, 6) is 1.33. The number of benzene rings is 1. The summed E-state index contributed by atoms with van der Waals surface area (Å²) in [6, 6.07) is 9.52. The van der Waals surface area contributed by atoms with Crippen molar-refractivity contribution in [3.8, 4) is 0 Å². The average Bonchev–Trinajstić information content (AvgIpc) is 2.78. The zero-order valence-corrected chi connectivity index (χ0v) is 12.7. The molecule has 22 heavy (non-hydrogen) atoms. The minimum absolute atomic E-state index is 0.0984. The summed E-state index contributed by atoms with van der Waals surface area (Å²) in [6.45, 7) is 5.33. The molecule has 0 saturated carbocycles. The van der Waals surface area contributed by atoms with E-state index in [1.807, 2.05) is 44.2 Å². The van der Waals surface area contributed by atoms with E-state index >= 15 is 0 Å². The van der Waals surface area contributed by atoms with Crippen LogP contribution in [-0.2, 0) is 4.79 Å². The largest absolute Gasteiger partial charge is 0.343 e. The highest BCUT2D eigenvalue weighted by molar-refractivity contribution is 5.91. The van der Waals surface area contributed by atoms with Crippen molar-refractivity contribution in [1.29, 1.82) is 0 Å². The molecule has 1 amide bonds. The summed E-state index contributed by atoms with van der Waals surface area (Å²) < 4.78 is 0. The Morgan fingerprint density at radius 2 is 1.91 bits per heavy atom. The summed E-state index contributed by atoms with van der Waals surface area (Å²) in [5.41, 5.74) is 3.43. The molecule has 0 atom stereocenters. The van der Waals surface area contributed by atoms with Crippen molar-refractivity contribution in [2.45, 2.75) is 20.8 Å². The first-order valence-corrected chi connectivity index (χ1v) is 7.00. The van der Waals surface area contributed by atoms with Gasteiger partial charge in [-0.1, -0.05) is 6.07 Å². The predicted octanol–water partition coefficient (Wildman–Crippen LogP) is 3.28. The van der Waals surface area contributed by atoms with Gasteiger partial charge in [0, 0.05) is 24.0 Å². The number of fused-ring (bicyclic) bond motifs is 1. The van der Waals surface area contributed by atoms with Crippen molar-refractivity contribution in [2.24, 2.45) is 0 Å². The van der Waals surface area contributed by atoms with Gasteiger partial charge in [0.1, 0.15) is 17.3 Å². The number of anilines is 3. The molecule has 0 unspecified atom stereocenters. The molecular weight excluding hydrogens is 278 g/mol. The first-order chi connectivity index (χ1) is 10.5. The Kier molecular flexibility index (Phi) is 3.50. The number of nitrogens with one attached hydrogen (secondary N) is 3. The van der Waals surface area contributed by atoms with E-state index in [0.717, 1.165) is 33.9 Å². The first kappa shape index (κ1) is 14.1. The Hall–Kier alpha value is -2.89. The number of hydrogen-bond acceptors (Lipinski definition) is 4. The fraction of sp³-hybridized carbons (Fsp3) is 0.188. The van der Waals surface area contributed by atoms with Crippen LogP contribution in [0.1, 0.15) is 18.4 Å². The highest BCUT2D eigenvalue weighted by atomic mass is 16.1. The highest BCUT2D eigenvalue weighted by Crippen LogP contribution is 2.25. The van der Waals surface area contributed by atoms with Gasteiger partial charge >= 0.3 is 0 Å². The maximum atomic E-state index is 11.1. The van der Waals surface area contributed by atoms with Crippen molar-refractivity contribution in [3.05, 3.63) is 41.9 Å². The Morgan fingerprint density at radius 1 is 1.14 bits per heavy atom. The SMILES string of the molecule is CC(=O)Nc1cccc(Nc2nc(C)nc3[nH]c(C)cc23)c1. The number of carbonyl (C=O) groups excluding carboxylic acids is 1. The lowest BCUT2D eigenvalue weighted by atomic mass is 10.2. The standard InChI is InChI=1S/C16H17N5O/c1-9-7-14-15(17-9)18-10(2)19-16(14)21-13-6-4-5-12(8-13)20-11(3)22/h4-8H,1-3H3,(H,20,22)(H2,17,18,19,21). The molecule has 6 nitrogen and oxygen atoms in total. The monoisotopic (exact) mass is 295 g/mol. The molecule has 0 saturated heterocycles. The normalized spacial score (nSPS) is 10.7. The van der Waals surface area contributed by atoms with E-state index < -0.39 is 0 Å². The molecule has 3 rings (SSSR count). The predicted molar refractivity (Wildman–Crippen MR) is 87.4 cm³/mol. The van der Waals surface area contributed by atoms with Crippen LogP contribution in [0.15, 0.2) is 30.3 Å². The summed E-state index contributed by atoms with van der Waals surface area (Å²) in [6.07, 6.45) is 0. The molecule has 0 aliphatic rings. The van der Waals surface area contributed by atoms with Crippen LogP contribution in [0.4, 0.5) is 17.2 Å². The Bertz CT molecular complexity index is 853. The maximum absolute atomic E-state index is 11.1. The van der Waals surface area contributed by atoms with Crippen molar-refractivity contribution in [1.82, 2.24) is 15.0 Å². The van der Waals surface area contributed by atoms with Crippen molar-refractivity contribution in [2.75, 3.05) is 10.6 Å². The third-order valence-corrected chi connectivity index (χ3v) is 3.18. The van der Waals surface area contributed by atoms with Crippen LogP contribution >= 0.6 is 0 Å². The summed E-state index contributed by atoms with van der Waals surface area (Å²) in [5, 5.41) is 7.00. The molecular formula is C16H17N5O. The van der Waals surface area contributed by atoms with Gasteiger partial charge in [0.05, 0.1) is 5.39 Å². The van der Waals surface area contributed by atoms with E-state index in [4.69, 9.17) is 0 Å². The molecule has 3 aromatic rings. The van der Waals surface area contributed by atoms with E-state index in [2.05, 4.69) is 25.6 Å². The number of rotatable bonds is 3. The molecule has 2 aromatic heterocycles. The van der Waals surface area contributed by atoms with Gasteiger partial charge < -0.3 is 15.6 Å². The topological polar surface area (TPSA) is 82.7 Å². The molecule has 0 aliphatic heterocycles. The molecule has 0 spiro atoms. The van der Waals surface area contributed by atoms with Crippen LogP contribution in [0.25, 0.3) is 11.0 Å². The number of nitrogens with zero attached hydrogens (tertiary/aromatic N) is 2. The van der Waals surface area contributed by atoms with Gasteiger partial charge in [0.15, 0.2) is 0 Å². The molecule has 0 bridgehead atoms. The summed E-state index contributed by atoms with van der Waals surface area (Å²) >= 11 is 0. The van der Waals surface area contributed by atoms with Gasteiger partial charge in [0.2, 0.25) is 5.91 Å². The lowest BCUT2D eigenvalue weighted by molar-refractivity contribution is -0.114. The lowest BCUT2D eigenvalue weighted by Gasteiger charge is -2.09. The quantitative estimate of drug-likeness (QED) is 0.692. The number of aromatic amines is 1. The van der Waals surface area contributed by atoms with Crippen molar-refractivity contribution in [3.63, 3.8) is 0 Å². The molecule has 6 heteroatoms. The van der Waals surface area contributed by atoms with Gasteiger partial charge in [-0.3, -0.25) is 4.79 Å². The summed E-state index contributed by atoms with van der Waals surface area (Å²) in [4.78, 5) is 23.2. The Morgan fingerprint density at radius 3 is 2.68 bits per heavy atom. The van der Waals surface area contributed by atoms with Gasteiger partial charge in [-0.05, 0) is 38.1 Å². The fourth-order valence-electron chi connectivity index (χ4n) is 2.36. The number of carbonyl (C=O) groups is 1. The zero-order valence-electron chi connectivity index (χ0n) is 12.7. The third-order valence-electron chi connectivity index (χ3n) is 3.18. The lowest BCUT2D eigenvalue weighted by Crippen LogP contribution is -2.06. The molecule has 0 radical (unpaired) electrons. The van der Waals surface area contributed by atoms with Crippen LogP contribution < -0.4 is 10.6 Å². The van der Waals surface area contributed by atoms with Crippen LogP contribution in [0.2, 0.25) is 0 Å². The average molecular weight is 295 g/mol. The smallest absolute Gasteiger partial charge is 0.221 e. The molecule has 112 valence electrons. The highest BCUT2D eigenvalue weighted by Gasteiger charge is 2.09. The van der Waals surface area contributed by atoms with Crippen LogP contribution in [0, 0.1) is 13.8 Å². The Labute approximate surface area is 128 Å². The van der Waals surface area contributed by atoms with Crippen LogP contribution in [-0.4, -0.2) is 20.9 Å². The molecule has 2 heterocycles. The van der Waals surface area contributed by atoms with Gasteiger partial charge in [-0.15, -0.1) is 0 Å². The minimum atomic E-state index is -0.0984. The van der Waals surface area contributed by atoms with Gasteiger partial charge in [0.25, 0.3) is 0 Å². The first-order valence-electron chi connectivity index (χ1n) is 7.00. The number of aryl methyl sites for hydroxylation is 2. The van der Waals surface area contributed by atoms with E-state index in [-0.39, 0.29) is 5.91 Å². The number of amides is 1. The molecule has 3 N–H and O–H groups in total. The van der Waals surface area contributed by atoms with Crippen molar-refractivity contribution < 1.29 is 4.79 Å². The molecule has 0 fully saturated rings. The zero-order chi connectivity index (χ0) is 15.7. The van der Waals surface area contributed by atoms with E-state index in [0.29, 0.717) is 5.82 Å². The minimum Gasteiger partial charge on any atom is -0.343 e. The molecule has 1 aromatic carbocycles. The van der Waals surface area contributed by atoms with Crippen molar-refractivity contribution >= 4 is 34.1 Å². The fourth-order valence-corrected chi connectivity index (χ4v) is 2.36. The van der Waals surface area contributed by atoms with Gasteiger partial charge in [-0.25, -0.2) is 9.97 Å². The summed E-state index contributed by atoms with van der Waals surface area (Å²) in [7, 11) is 0. The van der Waals surface area contributed by atoms with E-state index in [1.165, 1.54) is 6.92 Å². The molecule has 0 aliphatic carbocycles. The number of hydrogen-bond donors (Lipinski definition) is 3. The second-order valence-corrected chi connectivity index (χ2v) is 5.22. The van der Waals surface area contributed by atoms with E-state index in [9.17, 15) is 4.79 Å². The van der Waals surface area contributed by atoms with Crippen LogP contribution in [0.3, 0.4) is 0 Å². The number of H-pyrrole nitrogens is 1. The third kappa shape index (κ3) is 2.90. The Balaban J connectivity index is 1.97. The number of aromatic nitrogens is 3. The second kappa shape index (κ2) is 5.48.